The first-order valence-corrected chi connectivity index (χ1v) is 14.1. The second-order valence-corrected chi connectivity index (χ2v) is 11.3. The van der Waals surface area contributed by atoms with E-state index in [1.54, 1.807) is 24.1 Å². The molecule has 3 aromatic rings. The second-order valence-electron chi connectivity index (χ2n) is 11.3. The van der Waals surface area contributed by atoms with Crippen LogP contribution in [-0.2, 0) is 27.1 Å². The number of aryl methyl sites for hydroxylation is 2. The molecule has 0 N–H and O–H groups in total. The number of rotatable bonds is 5. The van der Waals surface area contributed by atoms with Crippen LogP contribution >= 0.6 is 0 Å². The molecular weight excluding hydrogens is 579 g/mol. The monoisotopic (exact) mass is 609 g/mol. The molecule has 5 heterocycles. The van der Waals surface area contributed by atoms with Gasteiger partial charge in [0.25, 0.3) is 0 Å². The van der Waals surface area contributed by atoms with Crippen molar-refractivity contribution in [1.29, 1.82) is 0 Å². The number of carbonyl (C=O) groups is 3. The number of likely N-dealkylation sites (N-methyl/N-ethyl adjacent to an activating group) is 1. The molecule has 2 aromatic heterocycles. The number of benzene rings is 1. The molecule has 14 heteroatoms. The minimum Gasteiger partial charge on any atom is -0.421 e. The third kappa shape index (κ3) is 4.97. The molecule has 0 bridgehead atoms. The highest BCUT2D eigenvalue weighted by Crippen LogP contribution is 2.42. The van der Waals surface area contributed by atoms with Crippen molar-refractivity contribution in [3.63, 3.8) is 0 Å². The summed E-state index contributed by atoms with van der Waals surface area (Å²) in [4.78, 5) is 50.0. The van der Waals surface area contributed by atoms with Crippen molar-refractivity contribution in [1.82, 2.24) is 20.1 Å². The third-order valence-corrected chi connectivity index (χ3v) is 8.45. The number of para-hydroxylation sites is 1. The summed E-state index contributed by atoms with van der Waals surface area (Å²) in [6.07, 6.45) is -2.82. The largest absolute Gasteiger partial charge is 0.421 e. The van der Waals surface area contributed by atoms with Crippen LogP contribution in [0, 0.1) is 19.8 Å². The number of carbonyl (C=O) groups excluding carboxylic acids is 3. The molecule has 2 saturated heterocycles. The smallest absolute Gasteiger partial charge is 0.416 e. The summed E-state index contributed by atoms with van der Waals surface area (Å²) in [6.45, 7) is 7.74. The number of fused-ring (bicyclic) bond motifs is 2. The van der Waals surface area contributed by atoms with E-state index in [2.05, 4.69) is 21.8 Å². The Kier molecular flexibility index (Phi) is 7.17. The van der Waals surface area contributed by atoms with Gasteiger partial charge >= 0.3 is 6.18 Å². The summed E-state index contributed by atoms with van der Waals surface area (Å²) in [5.41, 5.74) is 1.28. The fraction of sp³-hybridized carbons (Fsp3) is 0.400. The summed E-state index contributed by atoms with van der Waals surface area (Å²) in [6, 6.07) is 5.76. The maximum atomic E-state index is 14.0. The number of amides is 3. The molecule has 0 unspecified atom stereocenters. The highest BCUT2D eigenvalue weighted by molar-refractivity contribution is 6.10. The van der Waals surface area contributed by atoms with E-state index >= 15 is 0 Å². The molecule has 6 rings (SSSR count). The molecule has 230 valence electrons. The SMILES string of the molecule is C=CC(=O)N1CC[C@H]1c1nnc(CN2C[C@H]3CC(=O)N(c4cc(C(F)(F)F)cc(C)n4)[C@@H]3C(=O)N(C)c3cccc(C)c32)o1. The van der Waals surface area contributed by atoms with Crippen molar-refractivity contribution in [2.45, 2.75) is 51.5 Å². The predicted octanol–water partition coefficient (Wildman–Crippen LogP) is 3.96. The van der Waals surface area contributed by atoms with Gasteiger partial charge in [0.2, 0.25) is 29.5 Å². The number of halogens is 3. The molecule has 11 nitrogen and oxygen atoms in total. The van der Waals surface area contributed by atoms with Gasteiger partial charge in [0.05, 0.1) is 23.5 Å². The molecule has 3 aliphatic rings. The first-order valence-electron chi connectivity index (χ1n) is 14.1. The third-order valence-electron chi connectivity index (χ3n) is 8.45. The number of anilines is 3. The van der Waals surface area contributed by atoms with E-state index in [1.807, 2.05) is 17.9 Å². The van der Waals surface area contributed by atoms with Crippen LogP contribution in [-0.4, -0.2) is 64.0 Å². The van der Waals surface area contributed by atoms with Crippen molar-refractivity contribution in [3.8, 4) is 0 Å². The minimum absolute atomic E-state index is 0.0747. The molecule has 1 aromatic carbocycles. The number of alkyl halides is 3. The zero-order valence-corrected chi connectivity index (χ0v) is 24.3. The number of likely N-dealkylation sites (tertiary alicyclic amines) is 1. The lowest BCUT2D eigenvalue weighted by Crippen LogP contribution is -2.52. The lowest BCUT2D eigenvalue weighted by Gasteiger charge is -2.39. The van der Waals surface area contributed by atoms with E-state index in [1.165, 1.54) is 17.9 Å². The molecule has 3 amide bonds. The topological polar surface area (TPSA) is 116 Å². The minimum atomic E-state index is -4.65. The van der Waals surface area contributed by atoms with Gasteiger partial charge in [-0.05, 0) is 50.1 Å². The van der Waals surface area contributed by atoms with E-state index < -0.39 is 35.5 Å². The maximum absolute atomic E-state index is 14.0. The fourth-order valence-electron chi connectivity index (χ4n) is 6.30. The highest BCUT2D eigenvalue weighted by Gasteiger charge is 2.49. The zero-order valence-electron chi connectivity index (χ0n) is 24.3. The van der Waals surface area contributed by atoms with Gasteiger partial charge in [-0.2, -0.15) is 13.2 Å². The lowest BCUT2D eigenvalue weighted by atomic mass is 9.95. The first kappa shape index (κ1) is 29.3. The van der Waals surface area contributed by atoms with Crippen LogP contribution in [0.2, 0.25) is 0 Å². The average Bonchev–Trinajstić information content (AvgIpc) is 3.52. The number of nitrogens with zero attached hydrogens (tertiary/aromatic N) is 7. The number of hydrogen-bond donors (Lipinski definition) is 0. The summed E-state index contributed by atoms with van der Waals surface area (Å²) >= 11 is 0. The van der Waals surface area contributed by atoms with Gasteiger partial charge in [0, 0.05) is 38.2 Å². The van der Waals surface area contributed by atoms with Gasteiger partial charge in [-0.15, -0.1) is 10.2 Å². The van der Waals surface area contributed by atoms with Gasteiger partial charge < -0.3 is 19.1 Å². The molecular formula is C30H30F3N7O4. The van der Waals surface area contributed by atoms with Crippen LogP contribution in [0.4, 0.5) is 30.4 Å². The van der Waals surface area contributed by atoms with Crippen molar-refractivity contribution >= 4 is 34.9 Å². The van der Waals surface area contributed by atoms with Crippen LogP contribution in [0.5, 0.6) is 0 Å². The predicted molar refractivity (Wildman–Crippen MR) is 153 cm³/mol. The van der Waals surface area contributed by atoms with Crippen LogP contribution in [0.1, 0.15) is 47.5 Å². The van der Waals surface area contributed by atoms with Crippen LogP contribution in [0.3, 0.4) is 0 Å². The molecule has 3 atom stereocenters. The Labute approximate surface area is 250 Å². The lowest BCUT2D eigenvalue weighted by molar-refractivity contribution is -0.137. The van der Waals surface area contributed by atoms with E-state index in [9.17, 15) is 27.6 Å². The Morgan fingerprint density at radius 3 is 2.64 bits per heavy atom. The first-order chi connectivity index (χ1) is 20.9. The quantitative estimate of drug-likeness (QED) is 0.400. The summed E-state index contributed by atoms with van der Waals surface area (Å²) in [5, 5.41) is 8.42. The number of hydrogen-bond acceptors (Lipinski definition) is 8. The molecule has 0 saturated carbocycles. The van der Waals surface area contributed by atoms with Crippen molar-refractivity contribution in [3.05, 3.63) is 71.6 Å². The van der Waals surface area contributed by atoms with Gasteiger partial charge in [0.15, 0.2) is 0 Å². The Morgan fingerprint density at radius 1 is 1.18 bits per heavy atom. The molecule has 0 aliphatic carbocycles. The summed E-state index contributed by atoms with van der Waals surface area (Å²) in [7, 11) is 1.58. The molecule has 2 fully saturated rings. The normalized spacial score (nSPS) is 21.9. The summed E-state index contributed by atoms with van der Waals surface area (Å²) < 4.78 is 47.1. The Morgan fingerprint density at radius 2 is 1.95 bits per heavy atom. The maximum Gasteiger partial charge on any atom is 0.416 e. The van der Waals surface area contributed by atoms with Gasteiger partial charge in [-0.25, -0.2) is 4.98 Å². The highest BCUT2D eigenvalue weighted by atomic mass is 19.4. The van der Waals surface area contributed by atoms with E-state index in [-0.39, 0.29) is 48.9 Å². The Hall–Kier alpha value is -4.75. The standard InChI is InChI=1S/C30H30F3N7O4/c1-5-24(41)39-10-9-21(39)28-36-35-23(44-28)15-38-14-18-12-25(42)40(22-13-19(30(31,32)33)11-17(3)34-22)27(18)29(43)37(4)20-8-6-7-16(2)26(20)38/h5-8,11,13,18,21,27H,1,9-10,12,14-15H2,2-4H3/t18-,21+,27+/m1/s1. The van der Waals surface area contributed by atoms with Crippen molar-refractivity contribution in [2.75, 3.05) is 34.8 Å². The fourth-order valence-corrected chi connectivity index (χ4v) is 6.30. The number of pyridine rings is 1. The van der Waals surface area contributed by atoms with E-state index in [0.29, 0.717) is 24.5 Å². The second kappa shape index (κ2) is 10.8. The van der Waals surface area contributed by atoms with Crippen molar-refractivity contribution in [2.24, 2.45) is 5.92 Å². The van der Waals surface area contributed by atoms with Gasteiger partial charge in [-0.3, -0.25) is 19.3 Å². The summed E-state index contributed by atoms with van der Waals surface area (Å²) in [5.74, 6) is -1.38. The number of aromatic nitrogens is 3. The van der Waals surface area contributed by atoms with Crippen LogP contribution < -0.4 is 14.7 Å². The molecule has 0 spiro atoms. The van der Waals surface area contributed by atoms with Crippen LogP contribution in [0.15, 0.2) is 47.4 Å². The Balaban J connectivity index is 1.37. The van der Waals surface area contributed by atoms with Crippen molar-refractivity contribution < 1.29 is 32.0 Å². The zero-order chi connectivity index (χ0) is 31.5. The van der Waals surface area contributed by atoms with E-state index in [4.69, 9.17) is 4.42 Å². The van der Waals surface area contributed by atoms with Crippen LogP contribution in [0.25, 0.3) is 0 Å². The van der Waals surface area contributed by atoms with Gasteiger partial charge in [0.1, 0.15) is 17.9 Å². The molecule has 0 radical (unpaired) electrons. The molecule has 3 aliphatic heterocycles. The molecule has 44 heavy (non-hydrogen) atoms. The van der Waals surface area contributed by atoms with E-state index in [0.717, 1.165) is 28.3 Å². The van der Waals surface area contributed by atoms with Gasteiger partial charge in [-0.1, -0.05) is 18.7 Å². The average molecular weight is 610 g/mol. The Bertz CT molecular complexity index is 1670.